The third kappa shape index (κ3) is 1.88. The van der Waals surface area contributed by atoms with E-state index in [1.165, 1.54) is 12.1 Å². The van der Waals surface area contributed by atoms with Crippen molar-refractivity contribution >= 4 is 17.4 Å². The van der Waals surface area contributed by atoms with Crippen molar-refractivity contribution in [3.05, 3.63) is 30.3 Å². The number of benzene rings is 1. The van der Waals surface area contributed by atoms with Crippen LogP contribution in [-0.2, 0) is 4.74 Å². The Bertz CT molecular complexity index is 499. The molecule has 0 aromatic heterocycles. The number of carbonyl (C=O) groups is 1. The zero-order valence-corrected chi connectivity index (χ0v) is 10.8. The van der Waals surface area contributed by atoms with Gasteiger partial charge in [-0.3, -0.25) is 5.01 Å². The van der Waals surface area contributed by atoms with E-state index in [1.54, 1.807) is 12.1 Å². The summed E-state index contributed by atoms with van der Waals surface area (Å²) in [5.41, 5.74) is 2.74. The molecular weight excluding hydrogens is 232 g/mol. The molecule has 0 saturated heterocycles. The van der Waals surface area contributed by atoms with E-state index in [0.29, 0.717) is 6.54 Å². The summed E-state index contributed by atoms with van der Waals surface area (Å²) in [4.78, 5) is 11.7. The van der Waals surface area contributed by atoms with Gasteiger partial charge in [-0.1, -0.05) is 6.58 Å². The standard InChI is InChI=1S/C13H16N2O3/c1-9-8-15(13(16)18-4)14(2)12-6-5-10(17-3)7-11(9)12/h5-7H,1,8H2,2-4H3. The zero-order chi connectivity index (χ0) is 13.3. The maximum atomic E-state index is 11.7. The molecule has 0 spiro atoms. The smallest absolute Gasteiger partial charge is 0.428 e. The highest BCUT2D eigenvalue weighted by atomic mass is 16.5. The monoisotopic (exact) mass is 248 g/mol. The Kier molecular flexibility index (Phi) is 3.14. The molecule has 1 heterocycles. The first-order chi connectivity index (χ1) is 8.58. The van der Waals surface area contributed by atoms with Crippen molar-refractivity contribution in [3.63, 3.8) is 0 Å². The molecule has 0 radical (unpaired) electrons. The summed E-state index contributed by atoms with van der Waals surface area (Å²) >= 11 is 0. The maximum Gasteiger partial charge on any atom is 0.428 e. The van der Waals surface area contributed by atoms with Gasteiger partial charge in [-0.25, -0.2) is 9.80 Å². The molecule has 1 aromatic carbocycles. The van der Waals surface area contributed by atoms with Crippen molar-refractivity contribution in [1.29, 1.82) is 0 Å². The molecule has 1 aliphatic heterocycles. The van der Waals surface area contributed by atoms with Crippen molar-refractivity contribution in [2.75, 3.05) is 32.8 Å². The molecule has 0 fully saturated rings. The number of carbonyl (C=O) groups excluding carboxylic acids is 1. The van der Waals surface area contributed by atoms with Crippen LogP contribution in [0.3, 0.4) is 0 Å². The Balaban J connectivity index is 2.42. The summed E-state index contributed by atoms with van der Waals surface area (Å²) < 4.78 is 9.94. The average molecular weight is 248 g/mol. The molecular formula is C13H16N2O3. The molecule has 1 aromatic rings. The number of hydrazine groups is 1. The van der Waals surface area contributed by atoms with Crippen molar-refractivity contribution < 1.29 is 14.3 Å². The largest absolute Gasteiger partial charge is 0.497 e. The molecule has 0 saturated carbocycles. The highest BCUT2D eigenvalue weighted by molar-refractivity contribution is 5.84. The molecule has 96 valence electrons. The molecule has 0 N–H and O–H groups in total. The van der Waals surface area contributed by atoms with E-state index in [4.69, 9.17) is 9.47 Å². The molecule has 5 nitrogen and oxygen atoms in total. The molecule has 0 unspecified atom stereocenters. The first-order valence-corrected chi connectivity index (χ1v) is 5.53. The lowest BCUT2D eigenvalue weighted by molar-refractivity contribution is 0.126. The van der Waals surface area contributed by atoms with E-state index in [1.807, 2.05) is 25.2 Å². The summed E-state index contributed by atoms with van der Waals surface area (Å²) in [6.07, 6.45) is -0.403. The quantitative estimate of drug-likeness (QED) is 0.763. The predicted octanol–water partition coefficient (Wildman–Crippen LogP) is 2.14. The normalized spacial score (nSPS) is 14.3. The maximum absolute atomic E-state index is 11.7. The van der Waals surface area contributed by atoms with Gasteiger partial charge in [-0.05, 0) is 23.8 Å². The second-order valence-electron chi connectivity index (χ2n) is 4.04. The number of anilines is 1. The third-order valence-corrected chi connectivity index (χ3v) is 3.02. The number of ether oxygens (including phenoxy) is 2. The van der Waals surface area contributed by atoms with Gasteiger partial charge >= 0.3 is 6.09 Å². The van der Waals surface area contributed by atoms with Gasteiger partial charge in [0.05, 0.1) is 26.5 Å². The lowest BCUT2D eigenvalue weighted by atomic mass is 10.0. The van der Waals surface area contributed by atoms with Crippen molar-refractivity contribution in [2.45, 2.75) is 0 Å². The van der Waals surface area contributed by atoms with Crippen LogP contribution in [0.25, 0.3) is 5.57 Å². The molecule has 0 atom stereocenters. The number of hydrogen-bond acceptors (Lipinski definition) is 4. The number of methoxy groups -OCH3 is 2. The van der Waals surface area contributed by atoms with E-state index in [0.717, 1.165) is 22.6 Å². The fourth-order valence-electron chi connectivity index (χ4n) is 2.00. The minimum absolute atomic E-state index is 0.403. The van der Waals surface area contributed by atoms with Crippen molar-refractivity contribution in [3.8, 4) is 5.75 Å². The summed E-state index contributed by atoms with van der Waals surface area (Å²) in [5, 5.41) is 3.26. The van der Waals surface area contributed by atoms with E-state index < -0.39 is 6.09 Å². The molecule has 1 aliphatic rings. The highest BCUT2D eigenvalue weighted by Crippen LogP contribution is 2.35. The fourth-order valence-corrected chi connectivity index (χ4v) is 2.00. The van der Waals surface area contributed by atoms with E-state index in [-0.39, 0.29) is 0 Å². The highest BCUT2D eigenvalue weighted by Gasteiger charge is 2.28. The summed E-state index contributed by atoms with van der Waals surface area (Å²) in [7, 11) is 4.80. The predicted molar refractivity (Wildman–Crippen MR) is 69.5 cm³/mol. The molecule has 18 heavy (non-hydrogen) atoms. The second kappa shape index (κ2) is 4.60. The first-order valence-electron chi connectivity index (χ1n) is 5.53. The number of rotatable bonds is 1. The van der Waals surface area contributed by atoms with E-state index in [2.05, 4.69) is 6.58 Å². The molecule has 0 aliphatic carbocycles. The average Bonchev–Trinajstić information content (AvgIpc) is 2.41. The Labute approximate surface area is 106 Å². The number of fused-ring (bicyclic) bond motifs is 1. The Hall–Kier alpha value is -2.17. The Morgan fingerprint density at radius 2 is 2.11 bits per heavy atom. The Morgan fingerprint density at radius 1 is 1.39 bits per heavy atom. The summed E-state index contributed by atoms with van der Waals surface area (Å²) in [6.45, 7) is 4.41. The van der Waals surface area contributed by atoms with Crippen LogP contribution in [0.15, 0.2) is 24.8 Å². The van der Waals surface area contributed by atoms with Gasteiger partial charge in [0.25, 0.3) is 0 Å². The van der Waals surface area contributed by atoms with Crippen LogP contribution in [0, 0.1) is 0 Å². The summed E-state index contributed by atoms with van der Waals surface area (Å²) in [5.74, 6) is 0.773. The van der Waals surface area contributed by atoms with Crippen molar-refractivity contribution in [2.24, 2.45) is 0 Å². The van der Waals surface area contributed by atoms with Crippen LogP contribution in [0.2, 0.25) is 0 Å². The lowest BCUT2D eigenvalue weighted by Crippen LogP contribution is -2.47. The van der Waals surface area contributed by atoms with Gasteiger partial charge in [0.2, 0.25) is 0 Å². The molecule has 2 rings (SSSR count). The minimum atomic E-state index is -0.403. The van der Waals surface area contributed by atoms with Crippen LogP contribution < -0.4 is 9.75 Å². The van der Waals surface area contributed by atoms with Gasteiger partial charge in [0.15, 0.2) is 0 Å². The molecule has 1 amide bonds. The number of nitrogens with zero attached hydrogens (tertiary/aromatic N) is 2. The van der Waals surface area contributed by atoms with Gasteiger partial charge in [-0.15, -0.1) is 0 Å². The van der Waals surface area contributed by atoms with Gasteiger partial charge in [-0.2, -0.15) is 0 Å². The first kappa shape index (κ1) is 12.3. The molecule has 5 heteroatoms. The van der Waals surface area contributed by atoms with Crippen LogP contribution in [0.4, 0.5) is 10.5 Å². The van der Waals surface area contributed by atoms with Crippen LogP contribution >= 0.6 is 0 Å². The van der Waals surface area contributed by atoms with Crippen LogP contribution in [0.5, 0.6) is 5.75 Å². The van der Waals surface area contributed by atoms with Crippen molar-refractivity contribution in [1.82, 2.24) is 5.01 Å². The zero-order valence-electron chi connectivity index (χ0n) is 10.8. The van der Waals surface area contributed by atoms with Gasteiger partial charge in [0, 0.05) is 12.6 Å². The Morgan fingerprint density at radius 3 is 2.72 bits per heavy atom. The second-order valence-corrected chi connectivity index (χ2v) is 4.04. The van der Waals surface area contributed by atoms with Crippen LogP contribution in [-0.4, -0.2) is 38.9 Å². The fraction of sp³-hybridized carbons (Fsp3) is 0.308. The van der Waals surface area contributed by atoms with Gasteiger partial charge in [0.1, 0.15) is 5.75 Å². The number of hydrogen-bond donors (Lipinski definition) is 0. The van der Waals surface area contributed by atoms with E-state index >= 15 is 0 Å². The van der Waals surface area contributed by atoms with Gasteiger partial charge < -0.3 is 9.47 Å². The topological polar surface area (TPSA) is 42.0 Å². The van der Waals surface area contributed by atoms with E-state index in [9.17, 15) is 4.79 Å². The SMILES string of the molecule is C=C1CN(C(=O)OC)N(C)c2ccc(OC)cc21. The summed E-state index contributed by atoms with van der Waals surface area (Å²) in [6, 6.07) is 5.67. The lowest BCUT2D eigenvalue weighted by Gasteiger charge is -2.38. The minimum Gasteiger partial charge on any atom is -0.497 e. The number of amides is 1. The van der Waals surface area contributed by atoms with Crippen LogP contribution in [0.1, 0.15) is 5.56 Å². The third-order valence-electron chi connectivity index (χ3n) is 3.02. The molecule has 0 bridgehead atoms.